The minimum atomic E-state index is 0.858. The van der Waals surface area contributed by atoms with Crippen molar-refractivity contribution in [3.05, 3.63) is 19.1 Å². The Morgan fingerprint density at radius 2 is 2.44 bits per heavy atom. The molecule has 1 radical (unpaired) electrons. The van der Waals surface area contributed by atoms with Crippen LogP contribution in [-0.4, -0.2) is 0 Å². The molecule has 1 atom stereocenters. The Hall–Kier alpha value is -0.260. The third-order valence-corrected chi connectivity index (χ3v) is 1.93. The average Bonchev–Trinajstić information content (AvgIpc) is 1.91. The molecule has 1 aliphatic rings. The molecule has 1 aliphatic carbocycles. The first-order valence-corrected chi connectivity index (χ1v) is 3.89. The number of hydrogen-bond donors (Lipinski definition) is 0. The number of allylic oxidation sites excluding steroid dienone is 2. The van der Waals surface area contributed by atoms with Gasteiger partial charge in [0.15, 0.2) is 0 Å². The van der Waals surface area contributed by atoms with Crippen molar-refractivity contribution in [3.63, 3.8) is 0 Å². The number of hydrogen-bond acceptors (Lipinski definition) is 0. The van der Waals surface area contributed by atoms with Crippen LogP contribution in [0.5, 0.6) is 0 Å². The molecule has 1 rings (SSSR count). The van der Waals surface area contributed by atoms with E-state index in [1.807, 2.05) is 0 Å². The van der Waals surface area contributed by atoms with E-state index in [1.165, 1.54) is 25.7 Å². The van der Waals surface area contributed by atoms with Crippen LogP contribution in [0.2, 0.25) is 0 Å². The molecular weight excluding hydrogens is 108 g/mol. The normalized spacial score (nSPS) is 26.6. The highest BCUT2D eigenvalue weighted by Gasteiger charge is 2.05. The molecule has 0 aromatic heterocycles. The minimum Gasteiger partial charge on any atom is -0.0883 e. The van der Waals surface area contributed by atoms with Crippen LogP contribution in [0.25, 0.3) is 0 Å². The maximum absolute atomic E-state index is 3.85. The second-order valence-electron chi connectivity index (χ2n) is 2.76. The van der Waals surface area contributed by atoms with E-state index in [9.17, 15) is 0 Å². The van der Waals surface area contributed by atoms with Gasteiger partial charge in [0.2, 0.25) is 0 Å². The zero-order chi connectivity index (χ0) is 6.53. The lowest BCUT2D eigenvalue weighted by Gasteiger charge is -2.14. The van der Waals surface area contributed by atoms with E-state index in [4.69, 9.17) is 0 Å². The van der Waals surface area contributed by atoms with E-state index in [0.717, 1.165) is 12.3 Å². The monoisotopic (exact) mass is 123 g/mol. The Labute approximate surface area is 58.0 Å². The molecule has 0 heteroatoms. The van der Waals surface area contributed by atoms with Gasteiger partial charge in [0.25, 0.3) is 0 Å². The Morgan fingerprint density at radius 1 is 1.56 bits per heavy atom. The fourth-order valence-corrected chi connectivity index (χ4v) is 1.39. The maximum atomic E-state index is 3.85. The summed E-state index contributed by atoms with van der Waals surface area (Å²) in [6.45, 7) is 3.85. The summed E-state index contributed by atoms with van der Waals surface area (Å²) in [5.41, 5.74) is 0. The SMILES string of the molecule is [CH2]CCC1C=CCCC1. The number of rotatable bonds is 2. The molecule has 1 unspecified atom stereocenters. The molecular formula is C9H15. The van der Waals surface area contributed by atoms with Gasteiger partial charge in [-0.15, -0.1) is 0 Å². The third kappa shape index (κ3) is 2.21. The third-order valence-electron chi connectivity index (χ3n) is 1.93. The van der Waals surface area contributed by atoms with Gasteiger partial charge in [0.05, 0.1) is 0 Å². The van der Waals surface area contributed by atoms with E-state index in [2.05, 4.69) is 19.1 Å². The van der Waals surface area contributed by atoms with Gasteiger partial charge in [-0.05, 0) is 31.6 Å². The van der Waals surface area contributed by atoms with Crippen molar-refractivity contribution in [1.29, 1.82) is 0 Å². The lowest BCUT2D eigenvalue weighted by atomic mass is 9.92. The van der Waals surface area contributed by atoms with Crippen molar-refractivity contribution in [2.24, 2.45) is 5.92 Å². The van der Waals surface area contributed by atoms with Crippen molar-refractivity contribution in [2.75, 3.05) is 0 Å². The fourth-order valence-electron chi connectivity index (χ4n) is 1.39. The zero-order valence-electron chi connectivity index (χ0n) is 5.97. The van der Waals surface area contributed by atoms with Gasteiger partial charge >= 0.3 is 0 Å². The zero-order valence-corrected chi connectivity index (χ0v) is 5.97. The predicted octanol–water partition coefficient (Wildman–Crippen LogP) is 2.96. The highest BCUT2D eigenvalue weighted by atomic mass is 14.1. The summed E-state index contributed by atoms with van der Waals surface area (Å²) in [5, 5.41) is 0. The molecule has 0 saturated heterocycles. The smallest absolute Gasteiger partial charge is 0.0233 e. The van der Waals surface area contributed by atoms with Crippen LogP contribution >= 0.6 is 0 Å². The van der Waals surface area contributed by atoms with Crippen LogP contribution in [0.15, 0.2) is 12.2 Å². The van der Waals surface area contributed by atoms with Gasteiger partial charge in [-0.1, -0.05) is 25.5 Å². The van der Waals surface area contributed by atoms with Gasteiger partial charge in [0, 0.05) is 0 Å². The van der Waals surface area contributed by atoms with Crippen molar-refractivity contribution >= 4 is 0 Å². The lowest BCUT2D eigenvalue weighted by Crippen LogP contribution is -1.99. The summed E-state index contributed by atoms with van der Waals surface area (Å²) >= 11 is 0. The summed E-state index contributed by atoms with van der Waals surface area (Å²) in [4.78, 5) is 0. The molecule has 0 amide bonds. The van der Waals surface area contributed by atoms with E-state index in [1.54, 1.807) is 0 Å². The fraction of sp³-hybridized carbons (Fsp3) is 0.667. The van der Waals surface area contributed by atoms with Gasteiger partial charge in [-0.3, -0.25) is 0 Å². The summed E-state index contributed by atoms with van der Waals surface area (Å²) in [7, 11) is 0. The molecule has 0 aromatic carbocycles. The van der Waals surface area contributed by atoms with Crippen molar-refractivity contribution in [1.82, 2.24) is 0 Å². The minimum absolute atomic E-state index is 0.858. The molecule has 0 nitrogen and oxygen atoms in total. The van der Waals surface area contributed by atoms with Crippen LogP contribution in [0.3, 0.4) is 0 Å². The van der Waals surface area contributed by atoms with Gasteiger partial charge in [0.1, 0.15) is 0 Å². The largest absolute Gasteiger partial charge is 0.0883 e. The second kappa shape index (κ2) is 3.71. The molecule has 0 aromatic rings. The van der Waals surface area contributed by atoms with E-state index in [0.29, 0.717) is 0 Å². The van der Waals surface area contributed by atoms with Crippen LogP contribution in [0.1, 0.15) is 32.1 Å². The molecule has 9 heavy (non-hydrogen) atoms. The first kappa shape index (κ1) is 6.85. The van der Waals surface area contributed by atoms with E-state index < -0.39 is 0 Å². The molecule has 0 spiro atoms. The van der Waals surface area contributed by atoms with E-state index in [-0.39, 0.29) is 0 Å². The van der Waals surface area contributed by atoms with Crippen LogP contribution in [0.4, 0.5) is 0 Å². The molecule has 0 saturated carbocycles. The van der Waals surface area contributed by atoms with Crippen LogP contribution < -0.4 is 0 Å². The highest BCUT2D eigenvalue weighted by Crippen LogP contribution is 2.20. The Bertz CT molecular complexity index is 92.2. The molecule has 0 N–H and O–H groups in total. The average molecular weight is 123 g/mol. The Kier molecular flexibility index (Phi) is 2.82. The standard InChI is InChI=1S/C9H15/c1-2-6-9-7-4-3-5-8-9/h4,7,9H,1-3,5-6,8H2. The van der Waals surface area contributed by atoms with Crippen LogP contribution in [0, 0.1) is 12.8 Å². The molecule has 0 fully saturated rings. The Morgan fingerprint density at radius 3 is 3.00 bits per heavy atom. The summed E-state index contributed by atoms with van der Waals surface area (Å²) in [5.74, 6) is 0.858. The van der Waals surface area contributed by atoms with Gasteiger partial charge < -0.3 is 0 Å². The van der Waals surface area contributed by atoms with Gasteiger partial charge in [-0.25, -0.2) is 0 Å². The van der Waals surface area contributed by atoms with Crippen LogP contribution in [-0.2, 0) is 0 Å². The van der Waals surface area contributed by atoms with Gasteiger partial charge in [-0.2, -0.15) is 0 Å². The summed E-state index contributed by atoms with van der Waals surface area (Å²) in [6, 6.07) is 0. The van der Waals surface area contributed by atoms with Crippen molar-refractivity contribution < 1.29 is 0 Å². The van der Waals surface area contributed by atoms with E-state index >= 15 is 0 Å². The first-order chi connectivity index (χ1) is 4.43. The van der Waals surface area contributed by atoms with Crippen molar-refractivity contribution in [2.45, 2.75) is 32.1 Å². The lowest BCUT2D eigenvalue weighted by molar-refractivity contribution is 0.509. The quantitative estimate of drug-likeness (QED) is 0.495. The highest BCUT2D eigenvalue weighted by molar-refractivity contribution is 4.92. The second-order valence-corrected chi connectivity index (χ2v) is 2.76. The topological polar surface area (TPSA) is 0 Å². The first-order valence-electron chi connectivity index (χ1n) is 3.89. The predicted molar refractivity (Wildman–Crippen MR) is 41.1 cm³/mol. The summed E-state index contributed by atoms with van der Waals surface area (Å²) in [6.07, 6.45) is 11.1. The molecule has 0 heterocycles. The molecule has 0 bridgehead atoms. The molecule has 0 aliphatic heterocycles. The maximum Gasteiger partial charge on any atom is -0.0233 e. The van der Waals surface area contributed by atoms with Crippen molar-refractivity contribution in [3.8, 4) is 0 Å². The summed E-state index contributed by atoms with van der Waals surface area (Å²) < 4.78 is 0. The Balaban J connectivity index is 2.23. The molecule has 51 valence electrons.